The topological polar surface area (TPSA) is 63.0 Å². The van der Waals surface area contributed by atoms with Crippen LogP contribution in [0.2, 0.25) is 0 Å². The molecule has 16 heavy (non-hydrogen) atoms. The van der Waals surface area contributed by atoms with Crippen molar-refractivity contribution >= 4 is 22.8 Å². The van der Waals surface area contributed by atoms with Crippen LogP contribution < -0.4 is 16.6 Å². The molecular formula is C11H14N4S. The summed E-state index contributed by atoms with van der Waals surface area (Å²) >= 11 is 1.73. The molecule has 4 N–H and O–H groups in total. The Morgan fingerprint density at radius 3 is 3.06 bits per heavy atom. The highest BCUT2D eigenvalue weighted by Gasteiger charge is 1.96. The number of thiophene rings is 1. The maximum Gasteiger partial charge on any atom is 0.141 e. The third kappa shape index (κ3) is 2.95. The fraction of sp³-hybridized carbons (Fsp3) is 0.182. The molecule has 2 aromatic heterocycles. The Morgan fingerprint density at radius 2 is 2.31 bits per heavy atom. The van der Waals surface area contributed by atoms with E-state index < -0.39 is 0 Å². The van der Waals surface area contributed by atoms with Crippen molar-refractivity contribution in [2.45, 2.75) is 6.42 Å². The highest BCUT2D eigenvalue weighted by Crippen LogP contribution is 2.11. The lowest BCUT2D eigenvalue weighted by Crippen LogP contribution is -2.09. The van der Waals surface area contributed by atoms with E-state index in [2.05, 4.69) is 32.6 Å². The molecule has 0 aliphatic carbocycles. The second kappa shape index (κ2) is 5.48. The normalized spacial score (nSPS) is 10.1. The van der Waals surface area contributed by atoms with Crippen molar-refractivity contribution in [2.24, 2.45) is 5.84 Å². The third-order valence-electron chi connectivity index (χ3n) is 2.23. The van der Waals surface area contributed by atoms with Crippen LogP contribution >= 0.6 is 11.3 Å². The van der Waals surface area contributed by atoms with E-state index in [1.54, 1.807) is 17.5 Å². The van der Waals surface area contributed by atoms with Crippen LogP contribution in [0.1, 0.15) is 5.56 Å². The summed E-state index contributed by atoms with van der Waals surface area (Å²) in [6.45, 7) is 0.907. The lowest BCUT2D eigenvalue weighted by atomic mass is 10.2. The van der Waals surface area contributed by atoms with Crippen LogP contribution in [0.5, 0.6) is 0 Å². The zero-order valence-corrected chi connectivity index (χ0v) is 9.63. The molecule has 0 aliphatic rings. The summed E-state index contributed by atoms with van der Waals surface area (Å²) in [4.78, 5) is 4.04. The number of hydrazine groups is 1. The Morgan fingerprint density at radius 1 is 1.38 bits per heavy atom. The van der Waals surface area contributed by atoms with E-state index >= 15 is 0 Å². The molecule has 0 atom stereocenters. The van der Waals surface area contributed by atoms with E-state index in [0.717, 1.165) is 18.7 Å². The molecule has 0 bridgehead atoms. The van der Waals surface area contributed by atoms with Gasteiger partial charge in [0.2, 0.25) is 0 Å². The van der Waals surface area contributed by atoms with Crippen molar-refractivity contribution in [3.63, 3.8) is 0 Å². The number of nitrogen functional groups attached to an aromatic ring is 1. The molecule has 0 radical (unpaired) electrons. The molecule has 4 nitrogen and oxygen atoms in total. The number of rotatable bonds is 5. The van der Waals surface area contributed by atoms with Gasteiger partial charge in [-0.3, -0.25) is 0 Å². The van der Waals surface area contributed by atoms with E-state index in [-0.39, 0.29) is 0 Å². The Labute approximate surface area is 98.5 Å². The lowest BCUT2D eigenvalue weighted by molar-refractivity contribution is 1.03. The molecule has 2 rings (SSSR count). The van der Waals surface area contributed by atoms with Gasteiger partial charge in [-0.25, -0.2) is 10.8 Å². The van der Waals surface area contributed by atoms with Crippen LogP contribution in [0.4, 0.5) is 11.5 Å². The molecule has 0 aromatic carbocycles. The molecule has 0 saturated carbocycles. The predicted molar refractivity (Wildman–Crippen MR) is 68.6 cm³/mol. The van der Waals surface area contributed by atoms with Crippen LogP contribution in [0.25, 0.3) is 0 Å². The van der Waals surface area contributed by atoms with Crippen LogP contribution in [-0.4, -0.2) is 11.5 Å². The SMILES string of the molecule is NNc1cc(NCCc2ccsc2)ccn1. The van der Waals surface area contributed by atoms with E-state index in [1.165, 1.54) is 5.56 Å². The summed E-state index contributed by atoms with van der Waals surface area (Å²) in [5, 5.41) is 7.59. The van der Waals surface area contributed by atoms with Crippen molar-refractivity contribution in [3.05, 3.63) is 40.7 Å². The molecular weight excluding hydrogens is 220 g/mol. The van der Waals surface area contributed by atoms with E-state index in [1.807, 2.05) is 12.1 Å². The number of nitrogens with one attached hydrogen (secondary N) is 2. The van der Waals surface area contributed by atoms with Crippen molar-refractivity contribution in [1.29, 1.82) is 0 Å². The molecule has 5 heteroatoms. The molecule has 84 valence electrons. The van der Waals surface area contributed by atoms with Crippen molar-refractivity contribution in [1.82, 2.24) is 4.98 Å². The van der Waals surface area contributed by atoms with Gasteiger partial charge in [-0.05, 0) is 34.9 Å². The van der Waals surface area contributed by atoms with E-state index in [4.69, 9.17) is 5.84 Å². The second-order valence-electron chi connectivity index (χ2n) is 3.38. The van der Waals surface area contributed by atoms with E-state index in [0.29, 0.717) is 5.82 Å². The largest absolute Gasteiger partial charge is 0.385 e. The standard InChI is InChI=1S/C11H14N4S/c12-15-11-7-10(2-5-14-11)13-4-1-9-3-6-16-8-9/h2-3,5-8H,1,4,12H2,(H2,13,14,15). The third-order valence-corrected chi connectivity index (χ3v) is 2.96. The average molecular weight is 234 g/mol. The van der Waals surface area contributed by atoms with Crippen LogP contribution in [0, 0.1) is 0 Å². The summed E-state index contributed by atoms with van der Waals surface area (Å²) in [5.41, 5.74) is 4.91. The first-order valence-electron chi connectivity index (χ1n) is 5.06. The van der Waals surface area contributed by atoms with Gasteiger partial charge >= 0.3 is 0 Å². The summed E-state index contributed by atoms with van der Waals surface area (Å²) in [7, 11) is 0. The monoisotopic (exact) mass is 234 g/mol. The van der Waals surface area contributed by atoms with Gasteiger partial charge in [0.1, 0.15) is 5.82 Å². The highest BCUT2D eigenvalue weighted by atomic mass is 32.1. The second-order valence-corrected chi connectivity index (χ2v) is 4.16. The zero-order chi connectivity index (χ0) is 11.2. The average Bonchev–Trinajstić information content (AvgIpc) is 2.82. The fourth-order valence-electron chi connectivity index (χ4n) is 1.41. The predicted octanol–water partition coefficient (Wildman–Crippen LogP) is 2.08. The minimum absolute atomic E-state index is 0.667. The lowest BCUT2D eigenvalue weighted by Gasteiger charge is -2.06. The Kier molecular flexibility index (Phi) is 3.74. The van der Waals surface area contributed by atoms with Crippen LogP contribution in [0.15, 0.2) is 35.2 Å². The number of pyridine rings is 1. The number of anilines is 2. The maximum absolute atomic E-state index is 5.29. The van der Waals surface area contributed by atoms with Gasteiger partial charge < -0.3 is 10.7 Å². The number of hydrogen-bond acceptors (Lipinski definition) is 5. The molecule has 0 fully saturated rings. The summed E-state index contributed by atoms with van der Waals surface area (Å²) in [6, 6.07) is 5.95. The van der Waals surface area contributed by atoms with Gasteiger partial charge in [0.05, 0.1) is 0 Å². The summed E-state index contributed by atoms with van der Waals surface area (Å²) in [5.74, 6) is 5.95. The quantitative estimate of drug-likeness (QED) is 0.547. The van der Waals surface area contributed by atoms with Crippen molar-refractivity contribution < 1.29 is 0 Å². The first-order valence-corrected chi connectivity index (χ1v) is 6.00. The van der Waals surface area contributed by atoms with Gasteiger partial charge in [-0.2, -0.15) is 11.3 Å². The first kappa shape index (κ1) is 10.9. The van der Waals surface area contributed by atoms with Gasteiger partial charge in [-0.1, -0.05) is 0 Å². The number of nitrogens with zero attached hydrogens (tertiary/aromatic N) is 1. The highest BCUT2D eigenvalue weighted by molar-refractivity contribution is 7.07. The molecule has 0 aliphatic heterocycles. The minimum atomic E-state index is 0.667. The molecule has 0 spiro atoms. The number of aromatic nitrogens is 1. The van der Waals surface area contributed by atoms with Gasteiger partial charge in [-0.15, -0.1) is 0 Å². The molecule has 2 heterocycles. The van der Waals surface area contributed by atoms with Gasteiger partial charge in [0.25, 0.3) is 0 Å². The summed E-state index contributed by atoms with van der Waals surface area (Å²) in [6.07, 6.45) is 2.75. The van der Waals surface area contributed by atoms with Gasteiger partial charge in [0.15, 0.2) is 0 Å². The first-order chi connectivity index (χ1) is 7.88. The Hall–Kier alpha value is -1.59. The zero-order valence-electron chi connectivity index (χ0n) is 8.81. The Bertz CT molecular complexity index is 427. The van der Waals surface area contributed by atoms with Crippen molar-refractivity contribution in [3.8, 4) is 0 Å². The minimum Gasteiger partial charge on any atom is -0.385 e. The maximum atomic E-state index is 5.29. The smallest absolute Gasteiger partial charge is 0.141 e. The summed E-state index contributed by atoms with van der Waals surface area (Å²) < 4.78 is 0. The molecule has 2 aromatic rings. The number of nitrogens with two attached hydrogens (primary N) is 1. The van der Waals surface area contributed by atoms with Gasteiger partial charge in [0, 0.05) is 24.5 Å². The Balaban J connectivity index is 1.85. The van der Waals surface area contributed by atoms with Crippen LogP contribution in [0.3, 0.4) is 0 Å². The molecule has 0 unspecified atom stereocenters. The molecule has 0 saturated heterocycles. The fourth-order valence-corrected chi connectivity index (χ4v) is 2.11. The molecule has 0 amide bonds. The number of hydrogen-bond donors (Lipinski definition) is 3. The van der Waals surface area contributed by atoms with Crippen molar-refractivity contribution in [2.75, 3.05) is 17.3 Å². The van der Waals surface area contributed by atoms with Crippen LogP contribution in [-0.2, 0) is 6.42 Å². The van der Waals surface area contributed by atoms with E-state index in [9.17, 15) is 0 Å².